The van der Waals surface area contributed by atoms with Crippen molar-refractivity contribution in [2.75, 3.05) is 19.5 Å². The Morgan fingerprint density at radius 3 is 2.45 bits per heavy atom. The Morgan fingerprint density at radius 1 is 1.20 bits per heavy atom. The number of benzene rings is 1. The first kappa shape index (κ1) is 14.5. The van der Waals surface area contributed by atoms with Gasteiger partial charge >= 0.3 is 0 Å². The molecule has 0 bridgehead atoms. The minimum absolute atomic E-state index is 0.476. The van der Waals surface area contributed by atoms with E-state index in [1.54, 1.807) is 7.11 Å². The topological polar surface area (TPSA) is 47.0 Å². The van der Waals surface area contributed by atoms with Crippen molar-refractivity contribution in [3.05, 3.63) is 42.2 Å². The fraction of sp³-hybridized carbons (Fsp3) is 0.375. The maximum absolute atomic E-state index is 5.61. The molecule has 2 aromatic rings. The maximum atomic E-state index is 5.61. The lowest BCUT2D eigenvalue weighted by molar-refractivity contribution is -0.00877. The molecular formula is C16H21N3O. The Bertz CT molecular complexity index is 565. The molecule has 0 aliphatic rings. The molecule has 2 rings (SSSR count). The zero-order valence-corrected chi connectivity index (χ0v) is 12.5. The fourth-order valence-corrected chi connectivity index (χ4v) is 1.96. The van der Waals surface area contributed by atoms with E-state index in [2.05, 4.69) is 22.2 Å². The maximum Gasteiger partial charge on any atom is 0.162 e. The summed E-state index contributed by atoms with van der Waals surface area (Å²) in [5, 5.41) is 3.09. The average molecular weight is 271 g/mol. The Kier molecular flexibility index (Phi) is 4.35. The fourth-order valence-electron chi connectivity index (χ4n) is 1.96. The molecule has 0 fully saturated rings. The summed E-state index contributed by atoms with van der Waals surface area (Å²) in [7, 11) is 3.55. The van der Waals surface area contributed by atoms with E-state index in [9.17, 15) is 0 Å². The van der Waals surface area contributed by atoms with Crippen molar-refractivity contribution in [3.63, 3.8) is 0 Å². The van der Waals surface area contributed by atoms with Gasteiger partial charge in [0.1, 0.15) is 11.4 Å². The summed E-state index contributed by atoms with van der Waals surface area (Å²) < 4.78 is 5.61. The Balaban J connectivity index is 2.55. The zero-order valence-electron chi connectivity index (χ0n) is 12.5. The van der Waals surface area contributed by atoms with E-state index in [0.29, 0.717) is 5.82 Å². The van der Waals surface area contributed by atoms with Gasteiger partial charge in [-0.1, -0.05) is 37.3 Å². The number of nitrogens with zero attached hydrogens (tertiary/aromatic N) is 2. The highest BCUT2D eigenvalue weighted by Gasteiger charge is 2.28. The number of anilines is 1. The Hall–Kier alpha value is -1.94. The van der Waals surface area contributed by atoms with Crippen LogP contribution in [0.2, 0.25) is 0 Å². The van der Waals surface area contributed by atoms with Gasteiger partial charge in [-0.15, -0.1) is 0 Å². The van der Waals surface area contributed by atoms with E-state index in [1.165, 1.54) is 0 Å². The predicted molar refractivity (Wildman–Crippen MR) is 81.7 cm³/mol. The lowest BCUT2D eigenvalue weighted by Crippen LogP contribution is -2.26. The van der Waals surface area contributed by atoms with Gasteiger partial charge in [0.15, 0.2) is 5.82 Å². The second-order valence-corrected chi connectivity index (χ2v) is 4.87. The zero-order chi connectivity index (χ0) is 14.6. The molecule has 4 heteroatoms. The number of aromatic nitrogens is 2. The van der Waals surface area contributed by atoms with Crippen LogP contribution in [0.15, 0.2) is 36.4 Å². The molecule has 1 aromatic heterocycles. The first-order valence-corrected chi connectivity index (χ1v) is 6.81. The van der Waals surface area contributed by atoms with Crippen molar-refractivity contribution >= 4 is 5.82 Å². The summed E-state index contributed by atoms with van der Waals surface area (Å²) in [6, 6.07) is 12.0. The van der Waals surface area contributed by atoms with Crippen molar-refractivity contribution in [2.24, 2.45) is 0 Å². The van der Waals surface area contributed by atoms with Crippen LogP contribution in [0.3, 0.4) is 0 Å². The Morgan fingerprint density at radius 2 is 1.90 bits per heavy atom. The van der Waals surface area contributed by atoms with E-state index in [-0.39, 0.29) is 0 Å². The number of methoxy groups -OCH3 is 1. The van der Waals surface area contributed by atoms with Gasteiger partial charge in [0, 0.05) is 25.8 Å². The standard InChI is InChI=1S/C16H21N3O/c1-5-16(2,20-4)15-18-13(11-14(17-3)19-15)12-9-7-6-8-10-12/h6-11H,5H2,1-4H3,(H,17,18,19). The molecule has 0 saturated carbocycles. The minimum atomic E-state index is -0.476. The molecule has 0 spiro atoms. The van der Waals surface area contributed by atoms with Gasteiger partial charge in [-0.05, 0) is 13.3 Å². The third kappa shape index (κ3) is 2.80. The molecule has 0 amide bonds. The second kappa shape index (κ2) is 6.01. The number of hydrogen-bond donors (Lipinski definition) is 1. The van der Waals surface area contributed by atoms with Gasteiger partial charge in [0.25, 0.3) is 0 Å². The summed E-state index contributed by atoms with van der Waals surface area (Å²) >= 11 is 0. The third-order valence-corrected chi connectivity index (χ3v) is 3.65. The number of hydrogen-bond acceptors (Lipinski definition) is 4. The summed E-state index contributed by atoms with van der Waals surface area (Å²) in [6.45, 7) is 4.08. The monoisotopic (exact) mass is 271 g/mol. The van der Waals surface area contributed by atoms with Crippen LogP contribution in [0, 0.1) is 0 Å². The highest BCUT2D eigenvalue weighted by atomic mass is 16.5. The van der Waals surface area contributed by atoms with Crippen LogP contribution in [0.1, 0.15) is 26.1 Å². The first-order chi connectivity index (χ1) is 9.62. The number of ether oxygens (including phenoxy) is 1. The van der Waals surface area contributed by atoms with Gasteiger partial charge < -0.3 is 10.1 Å². The molecule has 1 aromatic carbocycles. The van der Waals surface area contributed by atoms with Crippen LogP contribution in [0.4, 0.5) is 5.82 Å². The normalized spacial score (nSPS) is 13.8. The summed E-state index contributed by atoms with van der Waals surface area (Å²) in [5.74, 6) is 1.50. The van der Waals surface area contributed by atoms with Gasteiger partial charge in [0.2, 0.25) is 0 Å². The van der Waals surface area contributed by atoms with Crippen LogP contribution in [0.5, 0.6) is 0 Å². The molecule has 1 N–H and O–H groups in total. The minimum Gasteiger partial charge on any atom is -0.373 e. The van der Waals surface area contributed by atoms with Crippen molar-refractivity contribution < 1.29 is 4.74 Å². The van der Waals surface area contributed by atoms with Crippen LogP contribution < -0.4 is 5.32 Å². The van der Waals surface area contributed by atoms with Gasteiger partial charge in [-0.2, -0.15) is 0 Å². The summed E-state index contributed by atoms with van der Waals surface area (Å²) in [4.78, 5) is 9.23. The van der Waals surface area contributed by atoms with E-state index in [1.807, 2.05) is 50.4 Å². The largest absolute Gasteiger partial charge is 0.373 e. The molecule has 4 nitrogen and oxygen atoms in total. The smallest absolute Gasteiger partial charge is 0.162 e. The molecule has 20 heavy (non-hydrogen) atoms. The molecule has 0 aliphatic heterocycles. The molecule has 0 aliphatic carbocycles. The van der Waals surface area contributed by atoms with Gasteiger partial charge in [-0.25, -0.2) is 9.97 Å². The summed E-state index contributed by atoms with van der Waals surface area (Å²) in [6.07, 6.45) is 0.810. The molecule has 0 saturated heterocycles. The molecule has 1 atom stereocenters. The van der Waals surface area contributed by atoms with Crippen LogP contribution >= 0.6 is 0 Å². The quantitative estimate of drug-likeness (QED) is 0.904. The van der Waals surface area contributed by atoms with Gasteiger partial charge in [-0.3, -0.25) is 0 Å². The highest BCUT2D eigenvalue weighted by molar-refractivity contribution is 5.62. The average Bonchev–Trinajstić information content (AvgIpc) is 2.54. The predicted octanol–water partition coefficient (Wildman–Crippen LogP) is 3.46. The van der Waals surface area contributed by atoms with Crippen LogP contribution in [-0.4, -0.2) is 24.1 Å². The lowest BCUT2D eigenvalue weighted by atomic mass is 10.0. The molecular weight excluding hydrogens is 250 g/mol. The van der Waals surface area contributed by atoms with E-state index < -0.39 is 5.60 Å². The molecule has 0 radical (unpaired) electrons. The highest BCUT2D eigenvalue weighted by Crippen LogP contribution is 2.28. The van der Waals surface area contributed by atoms with Crippen molar-refractivity contribution in [1.29, 1.82) is 0 Å². The lowest BCUT2D eigenvalue weighted by Gasteiger charge is -2.25. The third-order valence-electron chi connectivity index (χ3n) is 3.65. The first-order valence-electron chi connectivity index (χ1n) is 6.81. The van der Waals surface area contributed by atoms with Gasteiger partial charge in [0.05, 0.1) is 5.69 Å². The second-order valence-electron chi connectivity index (χ2n) is 4.87. The van der Waals surface area contributed by atoms with Crippen molar-refractivity contribution in [3.8, 4) is 11.3 Å². The number of nitrogens with one attached hydrogen (secondary N) is 1. The van der Waals surface area contributed by atoms with E-state index in [4.69, 9.17) is 4.74 Å². The number of rotatable bonds is 5. The van der Waals surface area contributed by atoms with Crippen LogP contribution in [0.25, 0.3) is 11.3 Å². The molecule has 1 heterocycles. The van der Waals surface area contributed by atoms with Crippen molar-refractivity contribution in [2.45, 2.75) is 25.9 Å². The summed E-state index contributed by atoms with van der Waals surface area (Å²) in [5.41, 5.74) is 1.50. The SMILES string of the molecule is CCC(C)(OC)c1nc(NC)cc(-c2ccccc2)n1. The van der Waals surface area contributed by atoms with E-state index >= 15 is 0 Å². The van der Waals surface area contributed by atoms with Crippen LogP contribution in [-0.2, 0) is 10.3 Å². The van der Waals surface area contributed by atoms with Crippen molar-refractivity contribution in [1.82, 2.24) is 9.97 Å². The molecule has 1 unspecified atom stereocenters. The Labute approximate surface area is 120 Å². The van der Waals surface area contributed by atoms with E-state index in [0.717, 1.165) is 23.5 Å². The molecule has 106 valence electrons.